The summed E-state index contributed by atoms with van der Waals surface area (Å²) in [6.45, 7) is 0.122. The molecular formula is C20H18N4O4. The lowest BCUT2D eigenvalue weighted by Crippen LogP contribution is -2.34. The summed E-state index contributed by atoms with van der Waals surface area (Å²) < 4.78 is 1.11. The Hall–Kier alpha value is -3.81. The second-order valence-electron chi connectivity index (χ2n) is 6.57. The first-order valence-electron chi connectivity index (χ1n) is 8.74. The van der Waals surface area contributed by atoms with Crippen LogP contribution in [-0.4, -0.2) is 25.5 Å². The summed E-state index contributed by atoms with van der Waals surface area (Å²) in [6.07, 6.45) is 0.352. The fourth-order valence-corrected chi connectivity index (χ4v) is 3.23. The van der Waals surface area contributed by atoms with E-state index in [9.17, 15) is 19.8 Å². The lowest BCUT2D eigenvalue weighted by molar-refractivity contribution is 0.408. The highest BCUT2D eigenvalue weighted by Gasteiger charge is 2.27. The Bertz CT molecular complexity index is 1150. The number of phenols is 1. The van der Waals surface area contributed by atoms with Crippen LogP contribution in [-0.2, 0) is 6.54 Å². The molecule has 0 fully saturated rings. The maximum absolute atomic E-state index is 12.4. The van der Waals surface area contributed by atoms with Crippen molar-refractivity contribution < 1.29 is 10.2 Å². The zero-order valence-electron chi connectivity index (χ0n) is 14.8. The van der Waals surface area contributed by atoms with E-state index in [1.165, 1.54) is 0 Å². The highest BCUT2D eigenvalue weighted by atomic mass is 16.3. The zero-order chi connectivity index (χ0) is 19.7. The Labute approximate surface area is 159 Å². The van der Waals surface area contributed by atoms with Crippen molar-refractivity contribution in [1.82, 2.24) is 15.0 Å². The van der Waals surface area contributed by atoms with Crippen molar-refractivity contribution in [3.8, 4) is 11.6 Å². The molecule has 28 heavy (non-hydrogen) atoms. The van der Waals surface area contributed by atoms with E-state index in [0.717, 1.165) is 15.7 Å². The minimum absolute atomic E-state index is 0.0238. The minimum atomic E-state index is -0.684. The first-order chi connectivity index (χ1) is 13.5. The Morgan fingerprint density at radius 1 is 1.04 bits per heavy atom. The first-order valence-corrected chi connectivity index (χ1v) is 8.74. The van der Waals surface area contributed by atoms with Gasteiger partial charge in [-0.1, -0.05) is 42.5 Å². The largest absolute Gasteiger partial charge is 0.508 e. The molecule has 1 aliphatic rings. The molecule has 0 amide bonds. The third kappa shape index (κ3) is 3.27. The summed E-state index contributed by atoms with van der Waals surface area (Å²) in [5.74, 6) is -0.255. The van der Waals surface area contributed by atoms with Crippen LogP contribution in [0, 0.1) is 0 Å². The van der Waals surface area contributed by atoms with Crippen LogP contribution in [0.1, 0.15) is 29.2 Å². The molecule has 4 rings (SSSR count). The highest BCUT2D eigenvalue weighted by molar-refractivity contribution is 6.03. The van der Waals surface area contributed by atoms with E-state index in [4.69, 9.17) is 0 Å². The van der Waals surface area contributed by atoms with Crippen LogP contribution >= 0.6 is 0 Å². The number of hydrazone groups is 1. The van der Waals surface area contributed by atoms with Gasteiger partial charge in [-0.2, -0.15) is 5.10 Å². The van der Waals surface area contributed by atoms with Gasteiger partial charge in [0.1, 0.15) is 11.3 Å². The third-order valence-corrected chi connectivity index (χ3v) is 4.69. The Morgan fingerprint density at radius 3 is 2.46 bits per heavy atom. The number of aromatic amines is 1. The third-order valence-electron chi connectivity index (χ3n) is 4.69. The summed E-state index contributed by atoms with van der Waals surface area (Å²) >= 11 is 0. The molecule has 1 aromatic heterocycles. The van der Waals surface area contributed by atoms with E-state index in [1.807, 2.05) is 30.3 Å². The summed E-state index contributed by atoms with van der Waals surface area (Å²) in [5, 5.41) is 24.3. The topological polar surface area (TPSA) is 120 Å². The molecule has 1 atom stereocenters. The van der Waals surface area contributed by atoms with Gasteiger partial charge >= 0.3 is 5.69 Å². The normalized spacial score (nSPS) is 15.9. The van der Waals surface area contributed by atoms with Gasteiger partial charge in [-0.15, -0.1) is 0 Å². The predicted octanol–water partition coefficient (Wildman–Crippen LogP) is 1.43. The number of hydrogen-bond donors (Lipinski definition) is 4. The summed E-state index contributed by atoms with van der Waals surface area (Å²) in [4.78, 5) is 26.8. The smallest absolute Gasteiger partial charge is 0.331 e. The number of nitrogens with one attached hydrogen (secondary N) is 2. The molecule has 0 saturated heterocycles. The van der Waals surface area contributed by atoms with Crippen molar-refractivity contribution in [3.63, 3.8) is 0 Å². The van der Waals surface area contributed by atoms with Gasteiger partial charge in [0.05, 0.1) is 18.3 Å². The molecule has 0 spiro atoms. The van der Waals surface area contributed by atoms with E-state index >= 15 is 0 Å². The van der Waals surface area contributed by atoms with Crippen LogP contribution in [0.3, 0.4) is 0 Å². The Balaban J connectivity index is 1.66. The standard InChI is InChI=1S/C20H18N4O4/c25-14-8-6-13(7-9-14)15-10-16(23-22-15)17-18(26)21-20(28)24(19(17)27)11-12-4-2-1-3-5-12/h1-9,15,22,25,27H,10-11H2,(H,21,26,28)/t15-/m1/s1. The molecule has 3 aromatic rings. The summed E-state index contributed by atoms with van der Waals surface area (Å²) in [5.41, 5.74) is 3.60. The Morgan fingerprint density at radius 2 is 1.75 bits per heavy atom. The van der Waals surface area contributed by atoms with Crippen LogP contribution in [0.5, 0.6) is 11.6 Å². The lowest BCUT2D eigenvalue weighted by Gasteiger charge is -2.12. The molecule has 0 bridgehead atoms. The number of phenolic OH excluding ortho intramolecular Hbond substituents is 1. The van der Waals surface area contributed by atoms with E-state index in [0.29, 0.717) is 12.1 Å². The molecule has 8 nitrogen and oxygen atoms in total. The molecular weight excluding hydrogens is 360 g/mol. The number of hydrogen-bond acceptors (Lipinski definition) is 6. The van der Waals surface area contributed by atoms with Gasteiger partial charge in [-0.3, -0.25) is 14.3 Å². The molecule has 0 aliphatic carbocycles. The predicted molar refractivity (Wildman–Crippen MR) is 104 cm³/mol. The minimum Gasteiger partial charge on any atom is -0.508 e. The average Bonchev–Trinajstić information content (AvgIpc) is 3.16. The van der Waals surface area contributed by atoms with Gasteiger partial charge in [0, 0.05) is 6.42 Å². The average molecular weight is 378 g/mol. The number of aromatic nitrogens is 2. The van der Waals surface area contributed by atoms with Crippen molar-refractivity contribution in [2.24, 2.45) is 5.10 Å². The molecule has 1 aliphatic heterocycles. The maximum atomic E-state index is 12.4. The van der Waals surface area contributed by atoms with Gasteiger partial charge in [0.2, 0.25) is 5.88 Å². The molecule has 142 valence electrons. The van der Waals surface area contributed by atoms with Crippen molar-refractivity contribution in [1.29, 1.82) is 0 Å². The van der Waals surface area contributed by atoms with E-state index in [-0.39, 0.29) is 23.9 Å². The van der Waals surface area contributed by atoms with Gasteiger partial charge in [-0.25, -0.2) is 4.79 Å². The quantitative estimate of drug-likeness (QED) is 0.548. The molecule has 8 heteroatoms. The van der Waals surface area contributed by atoms with Crippen LogP contribution in [0.4, 0.5) is 0 Å². The lowest BCUT2D eigenvalue weighted by atomic mass is 10.00. The van der Waals surface area contributed by atoms with Gasteiger partial charge in [0.15, 0.2) is 0 Å². The maximum Gasteiger partial charge on any atom is 0.331 e. The molecule has 0 radical (unpaired) electrons. The number of aromatic hydroxyl groups is 2. The van der Waals surface area contributed by atoms with Crippen molar-refractivity contribution in [3.05, 3.63) is 92.1 Å². The first kappa shape index (κ1) is 17.6. The molecule has 0 unspecified atom stereocenters. The van der Waals surface area contributed by atoms with Gasteiger partial charge in [0.25, 0.3) is 5.56 Å². The van der Waals surface area contributed by atoms with E-state index < -0.39 is 17.1 Å². The van der Waals surface area contributed by atoms with Crippen LogP contribution in [0.2, 0.25) is 0 Å². The zero-order valence-corrected chi connectivity index (χ0v) is 14.8. The van der Waals surface area contributed by atoms with Gasteiger partial charge < -0.3 is 15.6 Å². The molecule has 4 N–H and O–H groups in total. The highest BCUT2D eigenvalue weighted by Crippen LogP contribution is 2.27. The number of H-pyrrole nitrogens is 1. The van der Waals surface area contributed by atoms with Crippen LogP contribution in [0.15, 0.2) is 69.3 Å². The van der Waals surface area contributed by atoms with E-state index in [2.05, 4.69) is 15.5 Å². The molecule has 2 aromatic carbocycles. The fraction of sp³-hybridized carbons (Fsp3) is 0.150. The number of benzene rings is 2. The summed E-state index contributed by atoms with van der Waals surface area (Å²) in [6, 6.07) is 15.6. The SMILES string of the molecule is O=c1[nH]c(=O)n(Cc2ccccc2)c(O)c1C1=NN[C@@H](c2ccc(O)cc2)C1. The fourth-order valence-electron chi connectivity index (χ4n) is 3.23. The molecule has 2 heterocycles. The summed E-state index contributed by atoms with van der Waals surface area (Å²) in [7, 11) is 0. The van der Waals surface area contributed by atoms with Crippen molar-refractivity contribution in [2.45, 2.75) is 19.0 Å². The van der Waals surface area contributed by atoms with Gasteiger partial charge in [-0.05, 0) is 23.3 Å². The van der Waals surface area contributed by atoms with Crippen molar-refractivity contribution in [2.75, 3.05) is 0 Å². The van der Waals surface area contributed by atoms with Crippen LogP contribution < -0.4 is 16.7 Å². The number of nitrogens with zero attached hydrogens (tertiary/aromatic N) is 2. The second kappa shape index (κ2) is 7.07. The Kier molecular flexibility index (Phi) is 4.44. The monoisotopic (exact) mass is 378 g/mol. The van der Waals surface area contributed by atoms with Crippen LogP contribution in [0.25, 0.3) is 0 Å². The van der Waals surface area contributed by atoms with E-state index in [1.54, 1.807) is 24.3 Å². The molecule has 0 saturated carbocycles. The second-order valence-corrected chi connectivity index (χ2v) is 6.57. The number of rotatable bonds is 4. The van der Waals surface area contributed by atoms with Crippen molar-refractivity contribution >= 4 is 5.71 Å².